The normalized spacial score (nSPS) is 15.2. The van der Waals surface area contributed by atoms with Crippen molar-refractivity contribution in [3.8, 4) is 0 Å². The Kier molecular flexibility index (Phi) is 4.49. The summed E-state index contributed by atoms with van der Waals surface area (Å²) in [6, 6.07) is 0. The molecule has 1 aliphatic carbocycles. The average molecular weight is 265 g/mol. The Morgan fingerprint density at radius 2 is 2.06 bits per heavy atom. The van der Waals surface area contributed by atoms with Crippen LogP contribution in [0.25, 0.3) is 0 Å². The van der Waals surface area contributed by atoms with Gasteiger partial charge in [-0.3, -0.25) is 0 Å². The van der Waals surface area contributed by atoms with E-state index in [1.165, 1.54) is 18.4 Å². The summed E-state index contributed by atoms with van der Waals surface area (Å²) in [7, 11) is 0. The van der Waals surface area contributed by atoms with Crippen LogP contribution >= 0.6 is 11.8 Å². The monoisotopic (exact) mass is 265 g/mol. The first kappa shape index (κ1) is 13.7. The predicted octanol–water partition coefficient (Wildman–Crippen LogP) is 3.84. The summed E-state index contributed by atoms with van der Waals surface area (Å²) in [5.41, 5.74) is 1.20. The number of rotatable bonds is 6. The van der Waals surface area contributed by atoms with E-state index in [0.717, 1.165) is 29.0 Å². The van der Waals surface area contributed by atoms with Gasteiger partial charge in [-0.1, -0.05) is 13.8 Å². The molecule has 0 unspecified atom stereocenters. The van der Waals surface area contributed by atoms with Gasteiger partial charge in [-0.2, -0.15) is 0 Å². The highest BCUT2D eigenvalue weighted by Crippen LogP contribution is 2.40. The zero-order chi connectivity index (χ0) is 13.1. The molecule has 0 bridgehead atoms. The summed E-state index contributed by atoms with van der Waals surface area (Å²) >= 11 is 1.86. The zero-order valence-electron chi connectivity index (χ0n) is 11.8. The van der Waals surface area contributed by atoms with E-state index in [2.05, 4.69) is 38.0 Å². The second-order valence-electron chi connectivity index (χ2n) is 5.37. The summed E-state index contributed by atoms with van der Waals surface area (Å²) < 4.78 is 0. The van der Waals surface area contributed by atoms with Crippen molar-refractivity contribution in [2.45, 2.75) is 51.5 Å². The maximum absolute atomic E-state index is 4.76. The van der Waals surface area contributed by atoms with Crippen LogP contribution in [0.5, 0.6) is 0 Å². The SMILES string of the molecule is CCNc1nc(C2CC2)nc(SCC(C)C)c1C. The molecule has 18 heavy (non-hydrogen) atoms. The Hall–Kier alpha value is -0.770. The molecule has 1 aromatic rings. The average Bonchev–Trinajstić information content (AvgIpc) is 3.14. The minimum Gasteiger partial charge on any atom is -0.370 e. The molecule has 0 aromatic carbocycles. The first-order valence-electron chi connectivity index (χ1n) is 6.87. The Balaban J connectivity index is 2.24. The quantitative estimate of drug-likeness (QED) is 0.626. The summed E-state index contributed by atoms with van der Waals surface area (Å²) in [4.78, 5) is 9.44. The molecule has 4 heteroatoms. The van der Waals surface area contributed by atoms with Crippen molar-refractivity contribution in [2.75, 3.05) is 17.6 Å². The van der Waals surface area contributed by atoms with Crippen LogP contribution in [0.3, 0.4) is 0 Å². The summed E-state index contributed by atoms with van der Waals surface area (Å²) in [6.45, 7) is 9.64. The van der Waals surface area contributed by atoms with Crippen LogP contribution in [0, 0.1) is 12.8 Å². The van der Waals surface area contributed by atoms with Crippen LogP contribution in [0.2, 0.25) is 0 Å². The van der Waals surface area contributed by atoms with Crippen LogP contribution in [0.15, 0.2) is 5.03 Å². The molecule has 2 rings (SSSR count). The fourth-order valence-electron chi connectivity index (χ4n) is 1.76. The molecule has 0 saturated heterocycles. The van der Waals surface area contributed by atoms with Gasteiger partial charge in [0, 0.05) is 23.8 Å². The minimum atomic E-state index is 0.612. The number of aromatic nitrogens is 2. The molecule has 0 aliphatic heterocycles. The van der Waals surface area contributed by atoms with Gasteiger partial charge in [0.05, 0.1) is 0 Å². The molecular formula is C14H23N3S. The van der Waals surface area contributed by atoms with Gasteiger partial charge in [-0.05, 0) is 32.6 Å². The second-order valence-corrected chi connectivity index (χ2v) is 6.38. The molecule has 1 heterocycles. The van der Waals surface area contributed by atoms with E-state index in [1.807, 2.05) is 11.8 Å². The third-order valence-electron chi connectivity index (χ3n) is 2.96. The third kappa shape index (κ3) is 3.37. The van der Waals surface area contributed by atoms with Crippen LogP contribution < -0.4 is 5.32 Å². The van der Waals surface area contributed by atoms with Crippen molar-refractivity contribution < 1.29 is 0 Å². The van der Waals surface area contributed by atoms with Gasteiger partial charge in [0.15, 0.2) is 0 Å². The summed E-state index contributed by atoms with van der Waals surface area (Å²) in [5.74, 6) is 4.49. The maximum Gasteiger partial charge on any atom is 0.135 e. The van der Waals surface area contributed by atoms with Crippen molar-refractivity contribution >= 4 is 17.6 Å². The lowest BCUT2D eigenvalue weighted by atomic mass is 10.3. The Bertz CT molecular complexity index is 414. The van der Waals surface area contributed by atoms with Crippen molar-refractivity contribution in [3.63, 3.8) is 0 Å². The Morgan fingerprint density at radius 1 is 1.33 bits per heavy atom. The van der Waals surface area contributed by atoms with Crippen molar-refractivity contribution in [3.05, 3.63) is 11.4 Å². The highest BCUT2D eigenvalue weighted by Gasteiger charge is 2.28. The van der Waals surface area contributed by atoms with Crippen LogP contribution in [-0.2, 0) is 0 Å². The molecule has 1 N–H and O–H groups in total. The fraction of sp³-hybridized carbons (Fsp3) is 0.714. The molecule has 0 amide bonds. The minimum absolute atomic E-state index is 0.612. The lowest BCUT2D eigenvalue weighted by Gasteiger charge is -2.13. The van der Waals surface area contributed by atoms with Crippen LogP contribution in [0.1, 0.15) is 50.9 Å². The molecule has 1 saturated carbocycles. The fourth-order valence-corrected chi connectivity index (χ4v) is 2.72. The molecular weight excluding hydrogens is 242 g/mol. The van der Waals surface area contributed by atoms with E-state index in [1.54, 1.807) is 0 Å². The van der Waals surface area contributed by atoms with E-state index >= 15 is 0 Å². The topological polar surface area (TPSA) is 37.8 Å². The highest BCUT2D eigenvalue weighted by molar-refractivity contribution is 7.99. The number of hydrogen-bond acceptors (Lipinski definition) is 4. The first-order valence-corrected chi connectivity index (χ1v) is 7.85. The van der Waals surface area contributed by atoms with E-state index < -0.39 is 0 Å². The number of thioether (sulfide) groups is 1. The summed E-state index contributed by atoms with van der Waals surface area (Å²) in [6.07, 6.45) is 2.51. The molecule has 0 atom stereocenters. The molecule has 100 valence electrons. The smallest absolute Gasteiger partial charge is 0.135 e. The van der Waals surface area contributed by atoms with E-state index in [4.69, 9.17) is 4.98 Å². The van der Waals surface area contributed by atoms with Gasteiger partial charge >= 0.3 is 0 Å². The lowest BCUT2D eigenvalue weighted by molar-refractivity contribution is 0.748. The molecule has 1 aromatic heterocycles. The van der Waals surface area contributed by atoms with Crippen molar-refractivity contribution in [1.82, 2.24) is 9.97 Å². The zero-order valence-corrected chi connectivity index (χ0v) is 12.6. The van der Waals surface area contributed by atoms with Gasteiger partial charge in [-0.15, -0.1) is 11.8 Å². The van der Waals surface area contributed by atoms with Gasteiger partial charge in [-0.25, -0.2) is 9.97 Å². The largest absolute Gasteiger partial charge is 0.370 e. The van der Waals surface area contributed by atoms with E-state index in [-0.39, 0.29) is 0 Å². The van der Waals surface area contributed by atoms with Gasteiger partial charge in [0.25, 0.3) is 0 Å². The molecule has 1 fully saturated rings. The van der Waals surface area contributed by atoms with Crippen LogP contribution in [-0.4, -0.2) is 22.3 Å². The lowest BCUT2D eigenvalue weighted by Crippen LogP contribution is -2.07. The molecule has 0 radical (unpaired) electrons. The molecule has 3 nitrogen and oxygen atoms in total. The van der Waals surface area contributed by atoms with Crippen molar-refractivity contribution in [1.29, 1.82) is 0 Å². The standard InChI is InChI=1S/C14H23N3S/c1-5-15-12-10(4)14(18-8-9(2)3)17-13(16-12)11-6-7-11/h9,11H,5-8H2,1-4H3,(H,15,16,17). The molecule has 1 aliphatic rings. The molecule has 0 spiro atoms. The maximum atomic E-state index is 4.76. The first-order chi connectivity index (χ1) is 8.61. The van der Waals surface area contributed by atoms with Gasteiger partial charge in [0.1, 0.15) is 16.7 Å². The number of nitrogens with zero attached hydrogens (tertiary/aromatic N) is 2. The highest BCUT2D eigenvalue weighted by atomic mass is 32.2. The third-order valence-corrected chi connectivity index (χ3v) is 4.46. The van der Waals surface area contributed by atoms with E-state index in [0.29, 0.717) is 11.8 Å². The summed E-state index contributed by atoms with van der Waals surface area (Å²) in [5, 5.41) is 4.53. The van der Waals surface area contributed by atoms with E-state index in [9.17, 15) is 0 Å². The second kappa shape index (κ2) is 5.91. The number of hydrogen-bond donors (Lipinski definition) is 1. The predicted molar refractivity (Wildman–Crippen MR) is 78.5 cm³/mol. The number of anilines is 1. The van der Waals surface area contributed by atoms with Gasteiger partial charge < -0.3 is 5.32 Å². The Morgan fingerprint density at radius 3 is 2.61 bits per heavy atom. The van der Waals surface area contributed by atoms with Crippen molar-refractivity contribution in [2.24, 2.45) is 5.92 Å². The van der Waals surface area contributed by atoms with Crippen LogP contribution in [0.4, 0.5) is 5.82 Å². The number of nitrogens with one attached hydrogen (secondary N) is 1. The Labute approximate surface area is 114 Å². The van der Waals surface area contributed by atoms with Gasteiger partial charge in [0.2, 0.25) is 0 Å².